The summed E-state index contributed by atoms with van der Waals surface area (Å²) in [5, 5.41) is 17.9. The second-order valence-electron chi connectivity index (χ2n) is 8.63. The Labute approximate surface area is 227 Å². The van der Waals surface area contributed by atoms with Crippen molar-refractivity contribution in [2.45, 2.75) is 6.92 Å². The van der Waals surface area contributed by atoms with Gasteiger partial charge in [0.25, 0.3) is 11.6 Å². The van der Waals surface area contributed by atoms with Gasteiger partial charge in [0.15, 0.2) is 10.7 Å². The molecule has 1 saturated heterocycles. The smallest absolute Gasteiger partial charge is 0.293 e. The number of thiocarbonyl (C=S) groups is 1. The van der Waals surface area contributed by atoms with Crippen LogP contribution >= 0.6 is 23.8 Å². The Balaban J connectivity index is 1.28. The molecule has 5 rings (SSSR count). The van der Waals surface area contributed by atoms with Gasteiger partial charge in [-0.1, -0.05) is 17.7 Å². The van der Waals surface area contributed by atoms with E-state index in [1.807, 2.05) is 24.0 Å². The highest BCUT2D eigenvalue weighted by Gasteiger charge is 2.23. The van der Waals surface area contributed by atoms with Crippen molar-refractivity contribution in [3.63, 3.8) is 0 Å². The Morgan fingerprint density at radius 3 is 2.66 bits per heavy atom. The molecule has 0 unspecified atom stereocenters. The molecule has 0 spiro atoms. The van der Waals surface area contributed by atoms with E-state index in [0.29, 0.717) is 59.7 Å². The van der Waals surface area contributed by atoms with Gasteiger partial charge in [0.1, 0.15) is 11.2 Å². The first-order chi connectivity index (χ1) is 18.3. The summed E-state index contributed by atoms with van der Waals surface area (Å²) in [6.07, 6.45) is 0. The Morgan fingerprint density at radius 1 is 1.13 bits per heavy atom. The van der Waals surface area contributed by atoms with Crippen LogP contribution in [0, 0.1) is 17.0 Å². The number of carbonyl (C=O) groups excluding carboxylic acids is 1. The lowest BCUT2D eigenvalue weighted by Crippen LogP contribution is -2.37. The zero-order valence-corrected chi connectivity index (χ0v) is 21.8. The van der Waals surface area contributed by atoms with E-state index in [1.165, 1.54) is 12.1 Å². The number of morpholine rings is 1. The number of amides is 1. The number of nitro benzene ring substituents is 1. The molecule has 10 nitrogen and oxygen atoms in total. The van der Waals surface area contributed by atoms with Crippen LogP contribution < -0.4 is 15.5 Å². The summed E-state index contributed by atoms with van der Waals surface area (Å²) in [5.41, 5.74) is 3.86. The van der Waals surface area contributed by atoms with Gasteiger partial charge in [-0.3, -0.25) is 20.2 Å². The van der Waals surface area contributed by atoms with Crippen molar-refractivity contribution in [1.29, 1.82) is 0 Å². The van der Waals surface area contributed by atoms with E-state index < -0.39 is 10.8 Å². The summed E-state index contributed by atoms with van der Waals surface area (Å²) in [7, 11) is 0. The van der Waals surface area contributed by atoms with Crippen LogP contribution in [0.3, 0.4) is 0 Å². The molecular weight excluding hydrogens is 530 g/mol. The fourth-order valence-corrected chi connectivity index (χ4v) is 4.47. The Morgan fingerprint density at radius 2 is 1.92 bits per heavy atom. The average Bonchev–Trinajstić information content (AvgIpc) is 3.33. The summed E-state index contributed by atoms with van der Waals surface area (Å²) < 4.78 is 11.2. The maximum atomic E-state index is 12.8. The van der Waals surface area contributed by atoms with Gasteiger partial charge < -0.3 is 19.4 Å². The summed E-state index contributed by atoms with van der Waals surface area (Å²) >= 11 is 11.5. The van der Waals surface area contributed by atoms with E-state index >= 15 is 0 Å². The van der Waals surface area contributed by atoms with Gasteiger partial charge in [-0.05, 0) is 67.2 Å². The van der Waals surface area contributed by atoms with Crippen molar-refractivity contribution in [2.24, 2.45) is 0 Å². The molecule has 0 saturated carbocycles. The SMILES string of the molecule is Cc1ccc(-c2nc3cc(NC(=S)NC(=O)c4ccc(N5CCOCC5)c([N+](=O)[O-])c4)ccc3o2)cc1Cl. The highest BCUT2D eigenvalue weighted by molar-refractivity contribution is 7.80. The largest absolute Gasteiger partial charge is 0.436 e. The summed E-state index contributed by atoms with van der Waals surface area (Å²) in [4.78, 5) is 30.4. The quantitative estimate of drug-likeness (QED) is 0.192. The Hall–Kier alpha value is -4.06. The van der Waals surface area contributed by atoms with Crippen molar-refractivity contribution >= 4 is 63.0 Å². The number of aromatic nitrogens is 1. The van der Waals surface area contributed by atoms with Crippen LogP contribution in [0.1, 0.15) is 15.9 Å². The molecule has 2 N–H and O–H groups in total. The normalized spacial score (nSPS) is 13.4. The van der Waals surface area contributed by atoms with Crippen LogP contribution in [0.2, 0.25) is 5.02 Å². The lowest BCUT2D eigenvalue weighted by Gasteiger charge is -2.28. The van der Waals surface area contributed by atoms with Crippen molar-refractivity contribution in [2.75, 3.05) is 36.5 Å². The minimum Gasteiger partial charge on any atom is -0.436 e. The molecule has 4 aromatic rings. The number of hydrogen-bond donors (Lipinski definition) is 2. The molecule has 38 heavy (non-hydrogen) atoms. The monoisotopic (exact) mass is 551 g/mol. The minimum absolute atomic E-state index is 0.0308. The maximum Gasteiger partial charge on any atom is 0.293 e. The molecule has 0 bridgehead atoms. The maximum absolute atomic E-state index is 12.8. The van der Waals surface area contributed by atoms with Crippen LogP contribution in [-0.4, -0.2) is 47.2 Å². The van der Waals surface area contributed by atoms with Gasteiger partial charge in [-0.2, -0.15) is 0 Å². The molecule has 0 radical (unpaired) electrons. The van der Waals surface area contributed by atoms with Crippen LogP contribution in [0.5, 0.6) is 0 Å². The van der Waals surface area contributed by atoms with Gasteiger partial charge in [-0.25, -0.2) is 4.98 Å². The van der Waals surface area contributed by atoms with Crippen molar-refractivity contribution in [1.82, 2.24) is 10.3 Å². The van der Waals surface area contributed by atoms with E-state index in [2.05, 4.69) is 15.6 Å². The lowest BCUT2D eigenvalue weighted by atomic mass is 10.1. The van der Waals surface area contributed by atoms with Gasteiger partial charge in [-0.15, -0.1) is 0 Å². The number of aryl methyl sites for hydroxylation is 1. The number of hydrogen-bond acceptors (Lipinski definition) is 8. The molecule has 1 amide bonds. The highest BCUT2D eigenvalue weighted by Crippen LogP contribution is 2.31. The van der Waals surface area contributed by atoms with E-state index in [0.717, 1.165) is 11.1 Å². The average molecular weight is 552 g/mol. The number of nitro groups is 1. The summed E-state index contributed by atoms with van der Waals surface area (Å²) in [5.74, 6) is -0.141. The number of nitrogens with one attached hydrogen (secondary N) is 2. The number of oxazole rings is 1. The molecule has 0 atom stereocenters. The van der Waals surface area contributed by atoms with E-state index in [4.69, 9.17) is 33.0 Å². The van der Waals surface area contributed by atoms with Crippen LogP contribution in [0.15, 0.2) is 59.0 Å². The number of carbonyl (C=O) groups is 1. The second-order valence-corrected chi connectivity index (χ2v) is 9.45. The fraction of sp³-hybridized carbons (Fsp3) is 0.192. The van der Waals surface area contributed by atoms with E-state index in [9.17, 15) is 14.9 Å². The highest BCUT2D eigenvalue weighted by atomic mass is 35.5. The predicted molar refractivity (Wildman–Crippen MR) is 149 cm³/mol. The molecule has 1 fully saturated rings. The zero-order chi connectivity index (χ0) is 26.8. The lowest BCUT2D eigenvalue weighted by molar-refractivity contribution is -0.384. The molecule has 1 aliphatic rings. The number of nitrogens with zero attached hydrogens (tertiary/aromatic N) is 3. The van der Waals surface area contributed by atoms with Crippen LogP contribution in [0.25, 0.3) is 22.6 Å². The van der Waals surface area contributed by atoms with Gasteiger partial charge in [0.05, 0.1) is 18.1 Å². The number of fused-ring (bicyclic) bond motifs is 1. The minimum atomic E-state index is -0.569. The zero-order valence-electron chi connectivity index (χ0n) is 20.2. The van der Waals surface area contributed by atoms with E-state index in [1.54, 1.807) is 30.3 Å². The third-order valence-electron chi connectivity index (χ3n) is 6.08. The molecule has 194 valence electrons. The van der Waals surface area contributed by atoms with Crippen molar-refractivity contribution in [3.05, 3.63) is 80.9 Å². The molecule has 2 heterocycles. The van der Waals surface area contributed by atoms with Gasteiger partial charge in [0.2, 0.25) is 5.89 Å². The third-order valence-corrected chi connectivity index (χ3v) is 6.69. The first-order valence-electron chi connectivity index (χ1n) is 11.7. The van der Waals surface area contributed by atoms with Crippen molar-refractivity contribution in [3.8, 4) is 11.5 Å². The molecular formula is C26H22ClN5O5S. The summed E-state index contributed by atoms with van der Waals surface area (Å²) in [6, 6.07) is 15.1. The molecule has 3 aromatic carbocycles. The first-order valence-corrected chi connectivity index (χ1v) is 12.5. The number of benzene rings is 3. The Bertz CT molecular complexity index is 1570. The first kappa shape index (κ1) is 25.6. The number of halogens is 1. The fourth-order valence-electron chi connectivity index (χ4n) is 4.07. The predicted octanol–water partition coefficient (Wildman–Crippen LogP) is 5.33. The number of ether oxygens (including phenoxy) is 1. The summed E-state index contributed by atoms with van der Waals surface area (Å²) in [6.45, 7) is 3.97. The van der Waals surface area contributed by atoms with Gasteiger partial charge in [0, 0.05) is 41.0 Å². The van der Waals surface area contributed by atoms with Crippen molar-refractivity contribution < 1.29 is 18.9 Å². The van der Waals surface area contributed by atoms with Gasteiger partial charge >= 0.3 is 0 Å². The molecule has 0 aliphatic carbocycles. The van der Waals surface area contributed by atoms with Crippen LogP contribution in [-0.2, 0) is 4.74 Å². The molecule has 1 aromatic heterocycles. The van der Waals surface area contributed by atoms with Crippen LogP contribution in [0.4, 0.5) is 17.1 Å². The molecule has 1 aliphatic heterocycles. The second kappa shape index (κ2) is 10.7. The third kappa shape index (κ3) is 5.44. The van der Waals surface area contributed by atoms with E-state index in [-0.39, 0.29) is 16.4 Å². The topological polar surface area (TPSA) is 123 Å². The standard InChI is InChI=1S/C26H22ClN5O5S/c1-15-2-3-17(12-19(15)27)25-29-20-14-18(5-7-23(20)37-25)28-26(38)30-24(33)16-4-6-21(22(13-16)32(34)35)31-8-10-36-11-9-31/h2-7,12-14H,8-11H2,1H3,(H2,28,30,33,38). The molecule has 12 heteroatoms. The number of anilines is 2. The number of rotatable bonds is 5. The Kier molecular flexibility index (Phi) is 7.23.